The molecular formula is C20H22O2. The Bertz CT molecular complexity index is 673. The number of aryl methyl sites for hydroxylation is 2. The van der Waals surface area contributed by atoms with Crippen molar-refractivity contribution in [1.82, 2.24) is 0 Å². The number of hydrogen-bond donors (Lipinski definition) is 2. The summed E-state index contributed by atoms with van der Waals surface area (Å²) in [6.45, 7) is 4.27. The molecule has 2 N–H and O–H groups in total. The average molecular weight is 294 g/mol. The Labute approximate surface area is 131 Å². The van der Waals surface area contributed by atoms with Crippen LogP contribution in [0.15, 0.2) is 36.4 Å². The summed E-state index contributed by atoms with van der Waals surface area (Å²) in [5.41, 5.74) is 7.22. The monoisotopic (exact) mass is 294 g/mol. The van der Waals surface area contributed by atoms with Crippen molar-refractivity contribution in [3.8, 4) is 0 Å². The van der Waals surface area contributed by atoms with Crippen molar-refractivity contribution in [1.29, 1.82) is 0 Å². The largest absolute Gasteiger partial charge is 0.388 e. The van der Waals surface area contributed by atoms with Gasteiger partial charge in [-0.3, -0.25) is 0 Å². The van der Waals surface area contributed by atoms with Gasteiger partial charge in [0.05, 0.1) is 12.2 Å². The maximum absolute atomic E-state index is 10.5. The third kappa shape index (κ3) is 1.87. The van der Waals surface area contributed by atoms with E-state index in [4.69, 9.17) is 0 Å². The normalized spacial score (nSPS) is 29.5. The van der Waals surface area contributed by atoms with Gasteiger partial charge in [-0.25, -0.2) is 0 Å². The Hall–Kier alpha value is -1.64. The van der Waals surface area contributed by atoms with Crippen LogP contribution in [0.1, 0.15) is 64.3 Å². The van der Waals surface area contributed by atoms with Crippen molar-refractivity contribution in [3.05, 3.63) is 69.8 Å². The zero-order chi connectivity index (χ0) is 15.4. The average Bonchev–Trinajstić information content (AvgIpc) is 2.48. The van der Waals surface area contributed by atoms with Gasteiger partial charge in [-0.1, -0.05) is 36.4 Å². The first kappa shape index (κ1) is 14.0. The van der Waals surface area contributed by atoms with Gasteiger partial charge in [0.25, 0.3) is 0 Å². The van der Waals surface area contributed by atoms with Crippen LogP contribution in [-0.2, 0) is 0 Å². The molecule has 22 heavy (non-hydrogen) atoms. The number of fused-ring (bicyclic) bond motifs is 5. The van der Waals surface area contributed by atoms with Gasteiger partial charge in [0.2, 0.25) is 0 Å². The summed E-state index contributed by atoms with van der Waals surface area (Å²) in [6, 6.07) is 12.5. The standard InChI is InChI=1S/C20H22O2/c1-11-5-3-7-14-16(21)9-13-10-17(22)15-8-4-6-12(2)19(15)20(13)18(11)14/h3-8,13,16-17,20-22H,9-10H2,1-2H3/t13?,16-,17-,20?/m1/s1. The van der Waals surface area contributed by atoms with Gasteiger partial charge in [0, 0.05) is 5.92 Å². The first-order valence-corrected chi connectivity index (χ1v) is 8.13. The topological polar surface area (TPSA) is 40.5 Å². The summed E-state index contributed by atoms with van der Waals surface area (Å²) >= 11 is 0. The van der Waals surface area contributed by atoms with Crippen LogP contribution < -0.4 is 0 Å². The molecule has 2 nitrogen and oxygen atoms in total. The van der Waals surface area contributed by atoms with Crippen molar-refractivity contribution >= 4 is 0 Å². The minimum atomic E-state index is -0.408. The molecule has 2 atom stereocenters. The fraction of sp³-hybridized carbons (Fsp3) is 0.400. The van der Waals surface area contributed by atoms with Gasteiger partial charge < -0.3 is 10.2 Å². The van der Waals surface area contributed by atoms with Crippen molar-refractivity contribution < 1.29 is 10.2 Å². The van der Waals surface area contributed by atoms with Crippen molar-refractivity contribution in [3.63, 3.8) is 0 Å². The van der Waals surface area contributed by atoms with E-state index in [0.29, 0.717) is 11.8 Å². The Kier molecular flexibility index (Phi) is 3.14. The molecule has 0 amide bonds. The van der Waals surface area contributed by atoms with Crippen molar-refractivity contribution in [2.75, 3.05) is 0 Å². The Morgan fingerprint density at radius 2 is 1.23 bits per heavy atom. The Balaban J connectivity index is 2.01. The van der Waals surface area contributed by atoms with Gasteiger partial charge in [0.1, 0.15) is 0 Å². The van der Waals surface area contributed by atoms with Gasteiger partial charge in [-0.15, -0.1) is 0 Å². The molecule has 2 aliphatic carbocycles. The van der Waals surface area contributed by atoms with Crippen LogP contribution in [0.4, 0.5) is 0 Å². The Morgan fingerprint density at radius 3 is 1.68 bits per heavy atom. The molecule has 0 radical (unpaired) electrons. The van der Waals surface area contributed by atoms with Crippen LogP contribution in [0.5, 0.6) is 0 Å². The smallest absolute Gasteiger partial charge is 0.0796 e. The van der Waals surface area contributed by atoms with Crippen molar-refractivity contribution in [2.45, 2.75) is 44.8 Å². The second-order valence-corrected chi connectivity index (χ2v) is 6.90. The first-order chi connectivity index (χ1) is 10.6. The lowest BCUT2D eigenvalue weighted by Gasteiger charge is -2.43. The highest BCUT2D eigenvalue weighted by Gasteiger charge is 2.42. The predicted octanol–water partition coefficient (Wildman–Crippen LogP) is 3.93. The lowest BCUT2D eigenvalue weighted by atomic mass is 9.62. The molecule has 4 rings (SSSR count). The number of benzene rings is 2. The molecule has 0 saturated carbocycles. The summed E-state index contributed by atoms with van der Waals surface area (Å²) in [5, 5.41) is 21.1. The van der Waals surface area contributed by atoms with E-state index in [9.17, 15) is 10.2 Å². The highest BCUT2D eigenvalue weighted by molar-refractivity contribution is 5.52. The highest BCUT2D eigenvalue weighted by Crippen LogP contribution is 2.54. The van der Waals surface area contributed by atoms with E-state index in [-0.39, 0.29) is 0 Å². The van der Waals surface area contributed by atoms with E-state index in [1.807, 2.05) is 12.1 Å². The maximum atomic E-state index is 10.5. The van der Waals surface area contributed by atoms with Gasteiger partial charge >= 0.3 is 0 Å². The van der Waals surface area contributed by atoms with Gasteiger partial charge in [-0.05, 0) is 66.0 Å². The zero-order valence-electron chi connectivity index (χ0n) is 13.1. The third-order valence-electron chi connectivity index (χ3n) is 5.58. The summed E-state index contributed by atoms with van der Waals surface area (Å²) < 4.78 is 0. The molecule has 2 aromatic rings. The molecule has 2 aliphatic rings. The van der Waals surface area contributed by atoms with E-state index in [1.165, 1.54) is 22.3 Å². The minimum Gasteiger partial charge on any atom is -0.388 e. The molecular weight excluding hydrogens is 272 g/mol. The second-order valence-electron chi connectivity index (χ2n) is 6.90. The van der Waals surface area contributed by atoms with Crippen LogP contribution >= 0.6 is 0 Å². The molecule has 0 aromatic heterocycles. The number of hydrogen-bond acceptors (Lipinski definition) is 2. The van der Waals surface area contributed by atoms with Crippen LogP contribution in [0.2, 0.25) is 0 Å². The minimum absolute atomic E-state index is 0.305. The van der Waals surface area contributed by atoms with Gasteiger partial charge in [0.15, 0.2) is 0 Å². The number of rotatable bonds is 0. The highest BCUT2D eigenvalue weighted by atomic mass is 16.3. The van der Waals surface area contributed by atoms with Crippen molar-refractivity contribution in [2.24, 2.45) is 5.92 Å². The number of aliphatic hydroxyl groups excluding tert-OH is 2. The fourth-order valence-corrected chi connectivity index (χ4v) is 4.65. The molecule has 114 valence electrons. The summed E-state index contributed by atoms with van der Waals surface area (Å²) in [5.74, 6) is 0.617. The van der Waals surface area contributed by atoms with Crippen LogP contribution in [0.3, 0.4) is 0 Å². The molecule has 0 heterocycles. The molecule has 0 fully saturated rings. The van der Waals surface area contributed by atoms with E-state index < -0.39 is 12.2 Å². The molecule has 0 unspecified atom stereocenters. The fourth-order valence-electron chi connectivity index (χ4n) is 4.65. The van der Waals surface area contributed by atoms with Gasteiger partial charge in [-0.2, -0.15) is 0 Å². The summed E-state index contributed by atoms with van der Waals surface area (Å²) in [7, 11) is 0. The number of aliphatic hydroxyl groups is 2. The Morgan fingerprint density at radius 1 is 0.773 bits per heavy atom. The van der Waals surface area contributed by atoms with Crippen LogP contribution in [0.25, 0.3) is 0 Å². The first-order valence-electron chi connectivity index (χ1n) is 8.13. The molecule has 2 aromatic carbocycles. The lowest BCUT2D eigenvalue weighted by Crippen LogP contribution is -2.32. The predicted molar refractivity (Wildman–Crippen MR) is 86.8 cm³/mol. The molecule has 0 aliphatic heterocycles. The lowest BCUT2D eigenvalue weighted by molar-refractivity contribution is 0.0750. The van der Waals surface area contributed by atoms with Crippen LogP contribution in [0, 0.1) is 19.8 Å². The molecule has 2 heteroatoms. The van der Waals surface area contributed by atoms with E-state index in [0.717, 1.165) is 24.0 Å². The quantitative estimate of drug-likeness (QED) is 0.773. The molecule has 0 spiro atoms. The molecule has 0 saturated heterocycles. The van der Waals surface area contributed by atoms with Crippen LogP contribution in [-0.4, -0.2) is 10.2 Å². The second kappa shape index (κ2) is 4.94. The molecule has 0 bridgehead atoms. The summed E-state index contributed by atoms with van der Waals surface area (Å²) in [6.07, 6.45) is 0.667. The SMILES string of the molecule is Cc1cccc2c1C1c3c(C)cccc3[C@H](O)CC1C[C@H]2O. The maximum Gasteiger partial charge on any atom is 0.0796 e. The van der Waals surface area contributed by atoms with E-state index in [2.05, 4.69) is 38.1 Å². The summed E-state index contributed by atoms with van der Waals surface area (Å²) in [4.78, 5) is 0. The zero-order valence-corrected chi connectivity index (χ0v) is 13.1. The van der Waals surface area contributed by atoms with E-state index >= 15 is 0 Å². The van der Waals surface area contributed by atoms with E-state index in [1.54, 1.807) is 0 Å². The third-order valence-corrected chi connectivity index (χ3v) is 5.58.